The first-order chi connectivity index (χ1) is 22.5. The van der Waals surface area contributed by atoms with Crippen molar-refractivity contribution >= 4 is 29.7 Å². The summed E-state index contributed by atoms with van der Waals surface area (Å²) in [7, 11) is 0. The van der Waals surface area contributed by atoms with Crippen LogP contribution in [0.2, 0.25) is 0 Å². The van der Waals surface area contributed by atoms with Crippen LogP contribution in [0.15, 0.2) is 53.5 Å². The molecule has 0 fully saturated rings. The third-order valence-corrected chi connectivity index (χ3v) is 8.81. The molecule has 0 bridgehead atoms. The molecule has 2 unspecified atom stereocenters. The number of carbonyl (C=O) groups is 4. The zero-order chi connectivity index (χ0) is 36.1. The van der Waals surface area contributed by atoms with Gasteiger partial charge in [-0.1, -0.05) is 84.9 Å². The van der Waals surface area contributed by atoms with Crippen molar-refractivity contribution in [2.75, 3.05) is 19.7 Å². The largest absolute Gasteiger partial charge is 0.484 e. The number of hydrogen-bond donors (Lipinski definition) is 6. The van der Waals surface area contributed by atoms with Gasteiger partial charge in [0.05, 0.1) is 0 Å². The van der Waals surface area contributed by atoms with Crippen LogP contribution in [0, 0.1) is 5.92 Å². The molecule has 2 aromatic rings. The maximum absolute atomic E-state index is 13.7. The number of aliphatic imine (C=N–C) groups is 1. The lowest BCUT2D eigenvalue weighted by molar-refractivity contribution is -0.138. The van der Waals surface area contributed by atoms with E-state index in [9.17, 15) is 19.2 Å². The number of nitrogens with zero attached hydrogens (tertiary/aromatic N) is 1. The van der Waals surface area contributed by atoms with Crippen molar-refractivity contribution in [2.45, 2.75) is 97.1 Å². The third-order valence-electron chi connectivity index (χ3n) is 8.81. The zero-order valence-corrected chi connectivity index (χ0v) is 29.4. The number of hydrogen-bond acceptors (Lipinski definition) is 6. The van der Waals surface area contributed by atoms with Crippen molar-refractivity contribution in [3.63, 3.8) is 0 Å². The van der Waals surface area contributed by atoms with Crippen LogP contribution in [-0.4, -0.2) is 66.5 Å². The molecule has 2 rings (SSSR count). The fourth-order valence-electron chi connectivity index (χ4n) is 4.84. The third kappa shape index (κ3) is 12.9. The van der Waals surface area contributed by atoms with Gasteiger partial charge in [0.2, 0.25) is 11.8 Å². The van der Waals surface area contributed by atoms with Gasteiger partial charge < -0.3 is 37.3 Å². The van der Waals surface area contributed by atoms with E-state index < -0.39 is 42.3 Å². The van der Waals surface area contributed by atoms with Crippen LogP contribution in [0.5, 0.6) is 5.75 Å². The van der Waals surface area contributed by atoms with Crippen LogP contribution in [0.25, 0.3) is 0 Å². The molecule has 8 N–H and O–H groups in total. The molecule has 0 heterocycles. The second-order valence-electron chi connectivity index (χ2n) is 13.6. The lowest BCUT2D eigenvalue weighted by Gasteiger charge is -2.29. The minimum absolute atomic E-state index is 0.104. The fourth-order valence-corrected chi connectivity index (χ4v) is 4.84. The van der Waals surface area contributed by atoms with E-state index in [0.717, 1.165) is 29.5 Å². The number of benzene rings is 2. The van der Waals surface area contributed by atoms with E-state index in [1.807, 2.05) is 42.5 Å². The van der Waals surface area contributed by atoms with Gasteiger partial charge >= 0.3 is 5.97 Å². The predicted molar refractivity (Wildman–Crippen MR) is 188 cm³/mol. The van der Waals surface area contributed by atoms with Crippen molar-refractivity contribution in [1.82, 2.24) is 16.0 Å². The SMILES string of the molecule is CCC(C)(C)c1cc(OCC(=O)N[C@@H](Cc2ccccc2)C(=O)NC(CC(C)CN=C(N)N)C(=O)NCC(=O)O)cc(C(C)(C)CC)c1. The molecule has 264 valence electrons. The molecule has 48 heavy (non-hydrogen) atoms. The molecule has 0 radical (unpaired) electrons. The maximum atomic E-state index is 13.7. The second kappa shape index (κ2) is 18.1. The average molecular weight is 667 g/mol. The number of nitrogens with one attached hydrogen (secondary N) is 3. The van der Waals surface area contributed by atoms with Gasteiger partial charge in [0.15, 0.2) is 12.6 Å². The van der Waals surface area contributed by atoms with Crippen molar-refractivity contribution in [2.24, 2.45) is 22.4 Å². The number of carboxylic acids is 1. The fraction of sp³-hybridized carbons (Fsp3) is 0.528. The average Bonchev–Trinajstić information content (AvgIpc) is 3.04. The topological polar surface area (TPSA) is 198 Å². The van der Waals surface area contributed by atoms with Crippen molar-refractivity contribution in [3.05, 3.63) is 65.2 Å². The minimum atomic E-state index is -1.23. The molecule has 0 aliphatic heterocycles. The van der Waals surface area contributed by atoms with Crippen LogP contribution in [0.3, 0.4) is 0 Å². The first kappa shape index (κ1) is 39.6. The molecule has 0 aliphatic carbocycles. The Labute approximate surface area is 284 Å². The van der Waals surface area contributed by atoms with E-state index in [4.69, 9.17) is 21.3 Å². The Bertz CT molecular complexity index is 1390. The molecule has 3 amide bonds. The Kier molecular flexibility index (Phi) is 14.9. The summed E-state index contributed by atoms with van der Waals surface area (Å²) in [6.45, 7) is 14.0. The smallest absolute Gasteiger partial charge is 0.322 e. The summed E-state index contributed by atoms with van der Waals surface area (Å²) in [6.07, 6.45) is 2.09. The van der Waals surface area contributed by atoms with Gasteiger partial charge in [-0.05, 0) is 64.8 Å². The van der Waals surface area contributed by atoms with E-state index in [0.29, 0.717) is 5.75 Å². The van der Waals surface area contributed by atoms with Gasteiger partial charge in [-0.15, -0.1) is 0 Å². The summed E-state index contributed by atoms with van der Waals surface area (Å²) in [4.78, 5) is 55.1. The Balaban J connectivity index is 2.31. The summed E-state index contributed by atoms with van der Waals surface area (Å²) >= 11 is 0. The van der Waals surface area contributed by atoms with Gasteiger partial charge in [0.25, 0.3) is 5.91 Å². The number of ether oxygens (including phenoxy) is 1. The molecule has 12 nitrogen and oxygen atoms in total. The minimum Gasteiger partial charge on any atom is -0.484 e. The van der Waals surface area contributed by atoms with E-state index in [1.165, 1.54) is 0 Å². The van der Waals surface area contributed by atoms with E-state index in [-0.39, 0.29) is 48.7 Å². The number of nitrogens with two attached hydrogens (primary N) is 2. The summed E-state index contributed by atoms with van der Waals surface area (Å²) < 4.78 is 6.04. The molecular formula is C36H54N6O6. The number of carbonyl (C=O) groups excluding carboxylic acids is 3. The molecule has 12 heteroatoms. The standard InChI is InChI=1S/C36H54N6O6/c1-8-35(4,5)25-17-26(36(6,7)9-2)19-27(18-25)48-22-30(43)41-29(16-24-13-11-10-12-14-24)33(47)42-28(32(46)39-21-31(44)45)15-23(3)20-40-34(37)38/h10-14,17-19,23,28-29H,8-9,15-16,20-22H2,1-7H3,(H,39,46)(H,41,43)(H,42,47)(H,44,45)(H4,37,38,40)/t23?,28?,29-/m0/s1. The van der Waals surface area contributed by atoms with Gasteiger partial charge in [-0.25, -0.2) is 0 Å². The lowest BCUT2D eigenvalue weighted by Crippen LogP contribution is -2.55. The van der Waals surface area contributed by atoms with Crippen LogP contribution in [-0.2, 0) is 36.4 Å². The van der Waals surface area contributed by atoms with E-state index in [2.05, 4.69) is 68.6 Å². The van der Waals surface area contributed by atoms with Crippen LogP contribution < -0.4 is 32.2 Å². The molecule has 0 spiro atoms. The molecule has 0 saturated carbocycles. The van der Waals surface area contributed by atoms with E-state index >= 15 is 0 Å². The second-order valence-corrected chi connectivity index (χ2v) is 13.6. The highest BCUT2D eigenvalue weighted by atomic mass is 16.5. The highest BCUT2D eigenvalue weighted by Gasteiger charge is 2.29. The van der Waals surface area contributed by atoms with Gasteiger partial charge in [-0.3, -0.25) is 24.2 Å². The van der Waals surface area contributed by atoms with Crippen LogP contribution in [0.4, 0.5) is 0 Å². The maximum Gasteiger partial charge on any atom is 0.322 e. The van der Waals surface area contributed by atoms with Gasteiger partial charge in [0, 0.05) is 13.0 Å². The van der Waals surface area contributed by atoms with Gasteiger partial charge in [0.1, 0.15) is 24.4 Å². The predicted octanol–water partition coefficient (Wildman–Crippen LogP) is 3.15. The van der Waals surface area contributed by atoms with E-state index in [1.54, 1.807) is 6.92 Å². The Morgan fingerprint density at radius 2 is 1.46 bits per heavy atom. The Hall–Kier alpha value is -4.61. The summed E-state index contributed by atoms with van der Waals surface area (Å²) in [6, 6.07) is 13.1. The molecule has 3 atom stereocenters. The highest BCUT2D eigenvalue weighted by Crippen LogP contribution is 2.36. The summed E-state index contributed by atoms with van der Waals surface area (Å²) in [5.41, 5.74) is 13.7. The molecule has 0 aliphatic rings. The lowest BCUT2D eigenvalue weighted by atomic mass is 9.76. The number of carboxylic acid groups (broad SMARTS) is 1. The number of aliphatic carboxylic acids is 1. The molecule has 2 aromatic carbocycles. The van der Waals surface area contributed by atoms with Gasteiger partial charge in [-0.2, -0.15) is 0 Å². The number of guanidine groups is 1. The Morgan fingerprint density at radius 3 is 1.98 bits per heavy atom. The summed E-state index contributed by atoms with van der Waals surface area (Å²) in [5.74, 6) is -2.85. The first-order valence-electron chi connectivity index (χ1n) is 16.4. The number of amides is 3. The van der Waals surface area contributed by atoms with Crippen molar-refractivity contribution in [1.29, 1.82) is 0 Å². The molecular weight excluding hydrogens is 612 g/mol. The number of rotatable bonds is 19. The van der Waals surface area contributed by atoms with Crippen LogP contribution >= 0.6 is 0 Å². The Morgan fingerprint density at radius 1 is 0.875 bits per heavy atom. The molecule has 0 aromatic heterocycles. The molecule has 0 saturated heterocycles. The quantitative estimate of drug-likeness (QED) is 0.0970. The highest BCUT2D eigenvalue weighted by molar-refractivity contribution is 5.93. The first-order valence-corrected chi connectivity index (χ1v) is 16.4. The zero-order valence-electron chi connectivity index (χ0n) is 29.4. The summed E-state index contributed by atoms with van der Waals surface area (Å²) in [5, 5.41) is 16.9. The normalized spacial score (nSPS) is 13.4. The van der Waals surface area contributed by atoms with Crippen LogP contribution in [0.1, 0.15) is 84.4 Å². The van der Waals surface area contributed by atoms with Crippen molar-refractivity contribution in [3.8, 4) is 5.75 Å². The monoisotopic (exact) mass is 666 g/mol. The van der Waals surface area contributed by atoms with Crippen molar-refractivity contribution < 1.29 is 29.0 Å².